The summed E-state index contributed by atoms with van der Waals surface area (Å²) >= 11 is 0. The second-order valence-corrected chi connectivity index (χ2v) is 7.74. The molecule has 2 heterocycles. The van der Waals surface area contributed by atoms with E-state index in [1.807, 2.05) is 0 Å². The zero-order valence-electron chi connectivity index (χ0n) is 14.0. The van der Waals surface area contributed by atoms with Crippen molar-refractivity contribution in [3.8, 4) is 11.4 Å². The number of hydrogen-bond donors (Lipinski definition) is 2. The van der Waals surface area contributed by atoms with Crippen molar-refractivity contribution in [2.75, 3.05) is 11.3 Å². The van der Waals surface area contributed by atoms with Crippen LogP contribution in [-0.2, 0) is 10.0 Å². The van der Waals surface area contributed by atoms with E-state index in [1.54, 1.807) is 24.3 Å². The average Bonchev–Trinajstić information content (AvgIpc) is 3.14. The van der Waals surface area contributed by atoms with Crippen LogP contribution in [0.5, 0.6) is 5.75 Å². The van der Waals surface area contributed by atoms with Gasteiger partial charge in [-0.25, -0.2) is 17.5 Å². The van der Waals surface area contributed by atoms with E-state index in [4.69, 9.17) is 4.74 Å². The first-order chi connectivity index (χ1) is 13.0. The van der Waals surface area contributed by atoms with Crippen LogP contribution < -0.4 is 9.46 Å². The summed E-state index contributed by atoms with van der Waals surface area (Å²) in [7, 11) is -3.98. The lowest BCUT2D eigenvalue weighted by atomic mass is 10.0. The largest absolute Gasteiger partial charge is 0.491 e. The van der Waals surface area contributed by atoms with E-state index in [0.717, 1.165) is 10.9 Å². The Balaban J connectivity index is 1.66. The van der Waals surface area contributed by atoms with Crippen LogP contribution in [0.1, 0.15) is 18.1 Å². The van der Waals surface area contributed by atoms with Crippen LogP contribution in [0.3, 0.4) is 0 Å². The maximum absolute atomic E-state index is 13.9. The smallest absolute Gasteiger partial charge is 0.265 e. The van der Waals surface area contributed by atoms with Crippen molar-refractivity contribution >= 4 is 15.7 Å². The highest BCUT2D eigenvalue weighted by Gasteiger charge is 2.25. The Morgan fingerprint density at radius 1 is 1.22 bits per heavy atom. The summed E-state index contributed by atoms with van der Waals surface area (Å²) in [5.41, 5.74) is 0.899. The van der Waals surface area contributed by atoms with Crippen molar-refractivity contribution in [2.45, 2.75) is 17.4 Å². The summed E-state index contributed by atoms with van der Waals surface area (Å²) in [4.78, 5) is -0.125. The molecule has 7 nitrogen and oxygen atoms in total. The highest BCUT2D eigenvalue weighted by Crippen LogP contribution is 2.38. The topological polar surface area (TPSA) is 93.5 Å². The van der Waals surface area contributed by atoms with Crippen LogP contribution in [-0.4, -0.2) is 29.9 Å². The minimum atomic E-state index is -3.98. The van der Waals surface area contributed by atoms with Gasteiger partial charge in [0.2, 0.25) is 0 Å². The van der Waals surface area contributed by atoms with Crippen LogP contribution >= 0.6 is 0 Å². The molecule has 0 radical (unpaired) electrons. The average molecular weight is 389 g/mol. The molecule has 4 rings (SSSR count). The van der Waals surface area contributed by atoms with Gasteiger partial charge in [-0.2, -0.15) is 5.10 Å². The maximum Gasteiger partial charge on any atom is 0.265 e. The molecule has 140 valence electrons. The normalized spacial score (nSPS) is 16.4. The first-order valence-corrected chi connectivity index (χ1v) is 9.70. The van der Waals surface area contributed by atoms with Gasteiger partial charge in [0.25, 0.3) is 10.0 Å². The predicted molar refractivity (Wildman–Crippen MR) is 95.8 cm³/mol. The zero-order chi connectivity index (χ0) is 19.0. The molecule has 2 aromatic carbocycles. The highest BCUT2D eigenvalue weighted by atomic mass is 32.2. The molecule has 3 aromatic rings. The lowest BCUT2D eigenvalue weighted by molar-refractivity contribution is 0.116. The molecule has 27 heavy (non-hydrogen) atoms. The van der Waals surface area contributed by atoms with Crippen LogP contribution in [0.2, 0.25) is 0 Å². The number of halogens is 1. The van der Waals surface area contributed by atoms with Crippen molar-refractivity contribution in [1.29, 1.82) is 0 Å². The van der Waals surface area contributed by atoms with Gasteiger partial charge in [0.15, 0.2) is 0 Å². The van der Waals surface area contributed by atoms with Crippen molar-refractivity contribution < 1.29 is 22.7 Å². The molecule has 0 unspecified atom stereocenters. The number of fused-ring (bicyclic) bond motifs is 1. The fourth-order valence-electron chi connectivity index (χ4n) is 2.90. The first-order valence-electron chi connectivity index (χ1n) is 8.22. The van der Waals surface area contributed by atoms with Gasteiger partial charge < -0.3 is 9.84 Å². The molecular formula is C18H16FN3O4S. The van der Waals surface area contributed by atoms with Crippen LogP contribution in [0.25, 0.3) is 5.69 Å². The number of nitrogens with one attached hydrogen (secondary N) is 1. The summed E-state index contributed by atoms with van der Waals surface area (Å²) in [6, 6.07) is 10.8. The molecule has 0 spiro atoms. The van der Waals surface area contributed by atoms with Crippen LogP contribution in [0, 0.1) is 5.82 Å². The van der Waals surface area contributed by atoms with Crippen LogP contribution in [0.15, 0.2) is 59.8 Å². The highest BCUT2D eigenvalue weighted by molar-refractivity contribution is 7.92. The van der Waals surface area contributed by atoms with E-state index in [1.165, 1.54) is 24.4 Å². The number of hydrogen-bond acceptors (Lipinski definition) is 5. The number of anilines is 1. The van der Waals surface area contributed by atoms with Crippen LogP contribution in [0.4, 0.5) is 10.1 Å². The fraction of sp³-hybridized carbons (Fsp3) is 0.167. The lowest BCUT2D eigenvalue weighted by Crippen LogP contribution is -2.18. The number of aliphatic hydroxyl groups is 1. The van der Waals surface area contributed by atoms with Gasteiger partial charge in [0.05, 0.1) is 30.8 Å². The fourth-order valence-corrected chi connectivity index (χ4v) is 3.90. The lowest BCUT2D eigenvalue weighted by Gasteiger charge is -2.24. The van der Waals surface area contributed by atoms with Gasteiger partial charge in [0.1, 0.15) is 22.1 Å². The monoisotopic (exact) mass is 389 g/mol. The maximum atomic E-state index is 13.9. The Bertz CT molecular complexity index is 1100. The number of ether oxygens (including phenoxy) is 1. The zero-order valence-corrected chi connectivity index (χ0v) is 14.9. The van der Waals surface area contributed by atoms with E-state index in [2.05, 4.69) is 9.82 Å². The third-order valence-electron chi connectivity index (χ3n) is 4.25. The second kappa shape index (κ2) is 6.67. The number of para-hydroxylation sites is 2. The van der Waals surface area contributed by atoms with E-state index >= 15 is 0 Å². The molecule has 1 aromatic heterocycles. The molecule has 2 N–H and O–H groups in total. The van der Waals surface area contributed by atoms with Crippen molar-refractivity contribution in [3.05, 3.63) is 66.2 Å². The third kappa shape index (κ3) is 3.26. The molecule has 0 bridgehead atoms. The SMILES string of the molecule is O=S(=O)(Nc1cccc2c1OCC[C@H]2O)c1cnn(-c2ccccc2F)c1. The Hall–Kier alpha value is -2.91. The summed E-state index contributed by atoms with van der Waals surface area (Å²) < 4.78 is 48.5. The number of rotatable bonds is 4. The van der Waals surface area contributed by atoms with Crippen molar-refractivity contribution in [1.82, 2.24) is 9.78 Å². The number of nitrogens with zero attached hydrogens (tertiary/aromatic N) is 2. The number of aromatic nitrogens is 2. The van der Waals surface area contributed by atoms with Crippen molar-refractivity contribution in [2.24, 2.45) is 0 Å². The number of sulfonamides is 1. The Kier molecular flexibility index (Phi) is 4.33. The Morgan fingerprint density at radius 3 is 2.85 bits per heavy atom. The third-order valence-corrected chi connectivity index (χ3v) is 5.58. The molecule has 0 saturated heterocycles. The predicted octanol–water partition coefficient (Wildman–Crippen LogP) is 2.63. The molecule has 1 aliphatic heterocycles. The molecule has 0 amide bonds. The summed E-state index contributed by atoms with van der Waals surface area (Å²) in [5, 5.41) is 14.0. The Morgan fingerprint density at radius 2 is 2.04 bits per heavy atom. The molecule has 9 heteroatoms. The van der Waals surface area contributed by atoms with Crippen molar-refractivity contribution in [3.63, 3.8) is 0 Å². The second-order valence-electron chi connectivity index (χ2n) is 6.05. The van der Waals surface area contributed by atoms with E-state index in [-0.39, 0.29) is 22.9 Å². The summed E-state index contributed by atoms with van der Waals surface area (Å²) in [6.07, 6.45) is 2.10. The standard InChI is InChI=1S/C18H16FN3O4S/c19-14-5-1-2-7-16(14)22-11-12(10-20-22)27(24,25)21-15-6-3-4-13-17(23)8-9-26-18(13)15/h1-7,10-11,17,21,23H,8-9H2/t17-/m1/s1. The van der Waals surface area contributed by atoms with Gasteiger partial charge in [0, 0.05) is 12.0 Å². The minimum absolute atomic E-state index is 0.125. The number of aliphatic hydroxyl groups excluding tert-OH is 1. The van der Waals surface area contributed by atoms with Gasteiger partial charge >= 0.3 is 0 Å². The Labute approximate surface area is 155 Å². The number of benzene rings is 2. The van der Waals surface area contributed by atoms with Gasteiger partial charge in [-0.3, -0.25) is 4.72 Å². The minimum Gasteiger partial charge on any atom is -0.491 e. The van der Waals surface area contributed by atoms with E-state index < -0.39 is 21.9 Å². The molecule has 1 aliphatic rings. The van der Waals surface area contributed by atoms with E-state index in [9.17, 15) is 17.9 Å². The quantitative estimate of drug-likeness (QED) is 0.716. The molecule has 0 fully saturated rings. The molecular weight excluding hydrogens is 373 g/mol. The summed E-state index contributed by atoms with van der Waals surface area (Å²) in [5.74, 6) is -0.210. The van der Waals surface area contributed by atoms with Gasteiger partial charge in [-0.15, -0.1) is 0 Å². The molecule has 0 saturated carbocycles. The molecule has 0 aliphatic carbocycles. The van der Waals surface area contributed by atoms with E-state index in [0.29, 0.717) is 17.7 Å². The molecule has 1 atom stereocenters. The first kappa shape index (κ1) is 17.5. The van der Waals surface area contributed by atoms with Gasteiger partial charge in [-0.1, -0.05) is 24.3 Å². The van der Waals surface area contributed by atoms with Gasteiger partial charge in [-0.05, 0) is 18.2 Å². The summed E-state index contributed by atoms with van der Waals surface area (Å²) in [6.45, 7) is 0.290.